The molecule has 23 heavy (non-hydrogen) atoms. The fourth-order valence-electron chi connectivity index (χ4n) is 2.38. The van der Waals surface area contributed by atoms with Crippen LogP contribution in [0.1, 0.15) is 37.0 Å². The fourth-order valence-corrected chi connectivity index (χ4v) is 2.78. The van der Waals surface area contributed by atoms with Crippen LogP contribution in [-0.2, 0) is 0 Å². The maximum Gasteiger partial charge on any atom is 0.438 e. The zero-order chi connectivity index (χ0) is 17.4. The number of amides is 1. The van der Waals surface area contributed by atoms with E-state index < -0.39 is 24.2 Å². The molecule has 1 aromatic rings. The molecule has 0 radical (unpaired) electrons. The van der Waals surface area contributed by atoms with E-state index in [1.807, 2.05) is 13.8 Å². The van der Waals surface area contributed by atoms with Gasteiger partial charge in [0.15, 0.2) is 0 Å². The van der Waals surface area contributed by atoms with Crippen LogP contribution in [-0.4, -0.2) is 33.6 Å². The number of carbonyl (C=O) groups is 1. The Balaban J connectivity index is 2.41. The predicted octanol–water partition coefficient (Wildman–Crippen LogP) is 3.95. The monoisotopic (exact) mass is 392 g/mol. The van der Waals surface area contributed by atoms with E-state index in [0.717, 1.165) is 0 Å². The van der Waals surface area contributed by atoms with Gasteiger partial charge in [-0.2, -0.15) is 23.3 Å². The van der Waals surface area contributed by atoms with Crippen molar-refractivity contribution in [1.82, 2.24) is 5.01 Å². The van der Waals surface area contributed by atoms with Crippen LogP contribution in [0.3, 0.4) is 0 Å². The number of hydrogen-bond acceptors (Lipinski definition) is 3. The van der Waals surface area contributed by atoms with Crippen molar-refractivity contribution in [3.8, 4) is 0 Å². The van der Waals surface area contributed by atoms with Gasteiger partial charge in [-0.05, 0) is 30.5 Å². The van der Waals surface area contributed by atoms with Crippen LogP contribution in [0.4, 0.5) is 13.2 Å². The molecule has 1 N–H and O–H groups in total. The molecule has 1 amide bonds. The third kappa shape index (κ3) is 3.58. The molecule has 1 aliphatic rings. The van der Waals surface area contributed by atoms with E-state index in [4.69, 9.17) is 0 Å². The molecule has 4 nitrogen and oxygen atoms in total. The molecule has 0 bridgehead atoms. The van der Waals surface area contributed by atoms with E-state index in [-0.39, 0.29) is 28.6 Å². The summed E-state index contributed by atoms with van der Waals surface area (Å²) in [6, 6.07) is 5.93. The first-order chi connectivity index (χ1) is 10.5. The molecule has 0 aromatic heterocycles. The van der Waals surface area contributed by atoms with Gasteiger partial charge in [0, 0.05) is 22.2 Å². The van der Waals surface area contributed by atoms with Crippen molar-refractivity contribution in [2.45, 2.75) is 38.6 Å². The average molecular weight is 393 g/mol. The lowest BCUT2D eigenvalue weighted by atomic mass is 9.99. The third-order valence-electron chi connectivity index (χ3n) is 3.40. The summed E-state index contributed by atoms with van der Waals surface area (Å²) in [5, 5.41) is 14.1. The molecule has 0 saturated carbocycles. The summed E-state index contributed by atoms with van der Waals surface area (Å²) in [7, 11) is 0. The van der Waals surface area contributed by atoms with Gasteiger partial charge < -0.3 is 5.11 Å². The van der Waals surface area contributed by atoms with Crippen molar-refractivity contribution < 1.29 is 23.1 Å². The Morgan fingerprint density at radius 1 is 1.48 bits per heavy atom. The van der Waals surface area contributed by atoms with Gasteiger partial charge in [0.1, 0.15) is 0 Å². The second-order valence-corrected chi connectivity index (χ2v) is 6.80. The molecule has 0 aliphatic carbocycles. The molecular formula is C15H16BrF3N2O2. The number of carbonyl (C=O) groups excluding carboxylic acids is 1. The molecule has 8 heteroatoms. The van der Waals surface area contributed by atoms with Crippen LogP contribution >= 0.6 is 15.9 Å². The zero-order valence-corrected chi connectivity index (χ0v) is 14.1. The average Bonchev–Trinajstić information content (AvgIpc) is 2.74. The first-order valence-corrected chi connectivity index (χ1v) is 7.79. The molecule has 1 atom stereocenters. The summed E-state index contributed by atoms with van der Waals surface area (Å²) >= 11 is 3.16. The minimum Gasteiger partial charge on any atom is -0.362 e. The minimum atomic E-state index is -5.00. The number of rotatable bonds is 3. The Hall–Kier alpha value is -1.41. The Morgan fingerprint density at radius 3 is 2.65 bits per heavy atom. The number of halogens is 4. The van der Waals surface area contributed by atoms with Crippen molar-refractivity contribution in [3.63, 3.8) is 0 Å². The van der Waals surface area contributed by atoms with Crippen LogP contribution in [0.15, 0.2) is 33.8 Å². The smallest absolute Gasteiger partial charge is 0.362 e. The van der Waals surface area contributed by atoms with E-state index in [1.54, 1.807) is 6.07 Å². The minimum absolute atomic E-state index is 0.0107. The number of aliphatic hydroxyl groups is 1. The van der Waals surface area contributed by atoms with Crippen LogP contribution in [0.25, 0.3) is 0 Å². The van der Waals surface area contributed by atoms with Crippen molar-refractivity contribution in [2.75, 3.05) is 0 Å². The van der Waals surface area contributed by atoms with Crippen LogP contribution in [0, 0.1) is 5.92 Å². The topological polar surface area (TPSA) is 52.9 Å². The van der Waals surface area contributed by atoms with E-state index in [9.17, 15) is 23.1 Å². The van der Waals surface area contributed by atoms with Gasteiger partial charge in [-0.25, -0.2) is 0 Å². The van der Waals surface area contributed by atoms with Gasteiger partial charge in [-0.1, -0.05) is 35.8 Å². The molecular weight excluding hydrogens is 377 g/mol. The van der Waals surface area contributed by atoms with Gasteiger partial charge in [0.05, 0.1) is 0 Å². The molecule has 0 saturated heterocycles. The zero-order valence-electron chi connectivity index (χ0n) is 12.6. The second kappa shape index (κ2) is 6.24. The highest BCUT2D eigenvalue weighted by molar-refractivity contribution is 9.10. The maximum atomic E-state index is 13.3. The lowest BCUT2D eigenvalue weighted by Gasteiger charge is -2.32. The number of hydrogen-bond donors (Lipinski definition) is 1. The Labute approximate surface area is 140 Å². The highest BCUT2D eigenvalue weighted by Gasteiger charge is 2.63. The Bertz CT molecular complexity index is 646. The molecule has 0 unspecified atom stereocenters. The predicted molar refractivity (Wildman–Crippen MR) is 82.8 cm³/mol. The lowest BCUT2D eigenvalue weighted by molar-refractivity contribution is -0.297. The number of hydrazone groups is 1. The van der Waals surface area contributed by atoms with Crippen LogP contribution in [0.5, 0.6) is 0 Å². The molecule has 1 aromatic carbocycles. The molecule has 1 heterocycles. The third-order valence-corrected chi connectivity index (χ3v) is 3.90. The molecule has 0 fully saturated rings. The summed E-state index contributed by atoms with van der Waals surface area (Å²) in [6.07, 6.45) is -5.45. The Morgan fingerprint density at radius 2 is 2.13 bits per heavy atom. The normalized spacial score (nSPS) is 21.7. The SMILES string of the molecule is CC(C)CC1=NN(C(=O)c2cccc(Br)c2)[C@](O)(C(F)(F)F)C1. The van der Waals surface area contributed by atoms with Crippen molar-refractivity contribution >= 4 is 27.5 Å². The summed E-state index contributed by atoms with van der Waals surface area (Å²) in [5.41, 5.74) is -3.14. The van der Waals surface area contributed by atoms with E-state index in [2.05, 4.69) is 21.0 Å². The highest BCUT2D eigenvalue weighted by atomic mass is 79.9. The van der Waals surface area contributed by atoms with E-state index >= 15 is 0 Å². The molecule has 0 spiro atoms. The van der Waals surface area contributed by atoms with Crippen molar-refractivity contribution in [3.05, 3.63) is 34.3 Å². The van der Waals surface area contributed by atoms with Gasteiger partial charge in [-0.15, -0.1) is 0 Å². The van der Waals surface area contributed by atoms with Crippen molar-refractivity contribution in [1.29, 1.82) is 0 Å². The highest BCUT2D eigenvalue weighted by Crippen LogP contribution is 2.41. The molecule has 1 aliphatic heterocycles. The molecule has 126 valence electrons. The standard InChI is InChI=1S/C15H16BrF3N2O2/c1-9(2)6-12-8-14(23,15(17,18)19)21(20-12)13(22)10-4-3-5-11(16)7-10/h3-5,7,9,23H,6,8H2,1-2H3/t14-/m1/s1. The quantitative estimate of drug-likeness (QED) is 0.846. The van der Waals surface area contributed by atoms with E-state index in [0.29, 0.717) is 4.47 Å². The Kier molecular flexibility index (Phi) is 4.86. The number of alkyl halides is 3. The lowest BCUT2D eigenvalue weighted by Crippen LogP contribution is -2.56. The summed E-state index contributed by atoms with van der Waals surface area (Å²) in [5.74, 6) is -0.933. The fraction of sp³-hybridized carbons (Fsp3) is 0.467. The van der Waals surface area contributed by atoms with Crippen molar-refractivity contribution in [2.24, 2.45) is 11.0 Å². The van der Waals surface area contributed by atoms with Crippen LogP contribution in [0.2, 0.25) is 0 Å². The summed E-state index contributed by atoms with van der Waals surface area (Å²) in [6.45, 7) is 3.65. The summed E-state index contributed by atoms with van der Waals surface area (Å²) in [4.78, 5) is 12.4. The maximum absolute atomic E-state index is 13.3. The van der Waals surface area contributed by atoms with E-state index in [1.165, 1.54) is 18.2 Å². The largest absolute Gasteiger partial charge is 0.438 e. The summed E-state index contributed by atoms with van der Waals surface area (Å²) < 4.78 is 40.5. The first-order valence-electron chi connectivity index (χ1n) is 7.00. The number of benzene rings is 1. The van der Waals surface area contributed by atoms with Gasteiger partial charge in [0.2, 0.25) is 0 Å². The second-order valence-electron chi connectivity index (χ2n) is 5.88. The van der Waals surface area contributed by atoms with Gasteiger partial charge >= 0.3 is 6.18 Å². The number of nitrogens with zero attached hydrogens (tertiary/aromatic N) is 2. The first kappa shape index (κ1) is 17.9. The van der Waals surface area contributed by atoms with Gasteiger partial charge in [-0.3, -0.25) is 4.79 Å². The molecule has 2 rings (SSSR count). The van der Waals surface area contributed by atoms with Crippen LogP contribution < -0.4 is 0 Å². The van der Waals surface area contributed by atoms with Gasteiger partial charge in [0.25, 0.3) is 11.6 Å².